The zero-order valence-corrected chi connectivity index (χ0v) is 12.6. The molecule has 2 aromatic rings. The molecule has 0 radical (unpaired) electrons. The molecular formula is C16H24N4. The van der Waals surface area contributed by atoms with Crippen LogP contribution in [0.4, 0.5) is 0 Å². The van der Waals surface area contributed by atoms with Gasteiger partial charge in [-0.25, -0.2) is 4.68 Å². The highest BCUT2D eigenvalue weighted by Crippen LogP contribution is 2.19. The molecule has 4 nitrogen and oxygen atoms in total. The fourth-order valence-electron chi connectivity index (χ4n) is 2.44. The van der Waals surface area contributed by atoms with Crippen molar-refractivity contribution in [2.24, 2.45) is 0 Å². The van der Waals surface area contributed by atoms with Crippen LogP contribution in [-0.4, -0.2) is 27.6 Å². The Morgan fingerprint density at radius 1 is 1.20 bits per heavy atom. The van der Waals surface area contributed by atoms with E-state index in [1.54, 1.807) is 0 Å². The molecule has 0 saturated heterocycles. The molecule has 1 aromatic carbocycles. The predicted molar refractivity (Wildman–Crippen MR) is 82.6 cm³/mol. The van der Waals surface area contributed by atoms with Crippen molar-refractivity contribution >= 4 is 0 Å². The van der Waals surface area contributed by atoms with E-state index in [0.29, 0.717) is 6.04 Å². The van der Waals surface area contributed by atoms with Gasteiger partial charge < -0.3 is 5.32 Å². The van der Waals surface area contributed by atoms with Crippen LogP contribution in [0.5, 0.6) is 0 Å². The fourth-order valence-corrected chi connectivity index (χ4v) is 2.44. The summed E-state index contributed by atoms with van der Waals surface area (Å²) in [5.41, 5.74) is 3.64. The van der Waals surface area contributed by atoms with E-state index >= 15 is 0 Å². The number of nitrogens with one attached hydrogen (secondary N) is 1. The minimum Gasteiger partial charge on any atom is -0.314 e. The topological polar surface area (TPSA) is 42.7 Å². The third kappa shape index (κ3) is 3.67. The van der Waals surface area contributed by atoms with Gasteiger partial charge in [-0.05, 0) is 31.9 Å². The van der Waals surface area contributed by atoms with Gasteiger partial charge in [0.25, 0.3) is 0 Å². The number of aryl methyl sites for hydroxylation is 1. The van der Waals surface area contributed by atoms with Gasteiger partial charge in [-0.1, -0.05) is 43.3 Å². The van der Waals surface area contributed by atoms with Gasteiger partial charge in [0.15, 0.2) is 0 Å². The molecule has 1 N–H and O–H groups in total. The highest BCUT2D eigenvalue weighted by Gasteiger charge is 2.07. The summed E-state index contributed by atoms with van der Waals surface area (Å²) in [5, 5.41) is 11.6. The Morgan fingerprint density at radius 3 is 2.60 bits per heavy atom. The summed E-state index contributed by atoms with van der Waals surface area (Å²) < 4.78 is 1.97. The molecule has 1 atom stereocenters. The first-order chi connectivity index (χ1) is 9.74. The van der Waals surface area contributed by atoms with Gasteiger partial charge in [-0.3, -0.25) is 0 Å². The van der Waals surface area contributed by atoms with Crippen LogP contribution in [0.25, 0.3) is 11.3 Å². The Balaban J connectivity index is 2.09. The number of hydrogen-bond donors (Lipinski definition) is 1. The SMILES string of the molecule is CCCn1nncc1-c1ccc(CC(C)NCC)cc1. The number of aromatic nitrogens is 3. The lowest BCUT2D eigenvalue weighted by molar-refractivity contribution is 0.565. The molecule has 20 heavy (non-hydrogen) atoms. The molecule has 1 unspecified atom stereocenters. The molecule has 0 aliphatic rings. The van der Waals surface area contributed by atoms with Crippen LogP contribution in [-0.2, 0) is 13.0 Å². The van der Waals surface area contributed by atoms with Crippen molar-refractivity contribution in [3.8, 4) is 11.3 Å². The second-order valence-corrected chi connectivity index (χ2v) is 5.20. The summed E-state index contributed by atoms with van der Waals surface area (Å²) in [6.45, 7) is 8.44. The van der Waals surface area contributed by atoms with Crippen LogP contribution < -0.4 is 5.32 Å². The molecule has 4 heteroatoms. The Labute approximate surface area is 121 Å². The van der Waals surface area contributed by atoms with Crippen LogP contribution >= 0.6 is 0 Å². The zero-order chi connectivity index (χ0) is 14.4. The van der Waals surface area contributed by atoms with E-state index in [4.69, 9.17) is 0 Å². The van der Waals surface area contributed by atoms with Gasteiger partial charge in [-0.2, -0.15) is 0 Å². The standard InChI is InChI=1S/C16H24N4/c1-4-10-20-16(12-18-19-20)15-8-6-14(7-9-15)11-13(3)17-5-2/h6-9,12-13,17H,4-5,10-11H2,1-3H3. The normalized spacial score (nSPS) is 12.6. The highest BCUT2D eigenvalue weighted by molar-refractivity contribution is 5.58. The van der Waals surface area contributed by atoms with Crippen molar-refractivity contribution in [3.05, 3.63) is 36.0 Å². The van der Waals surface area contributed by atoms with E-state index in [-0.39, 0.29) is 0 Å². The van der Waals surface area contributed by atoms with Crippen molar-refractivity contribution in [2.75, 3.05) is 6.54 Å². The quantitative estimate of drug-likeness (QED) is 0.842. The monoisotopic (exact) mass is 272 g/mol. The van der Waals surface area contributed by atoms with Crippen LogP contribution in [0.15, 0.2) is 30.5 Å². The summed E-state index contributed by atoms with van der Waals surface area (Å²) in [6, 6.07) is 9.24. The van der Waals surface area contributed by atoms with Gasteiger partial charge in [0, 0.05) is 18.2 Å². The van der Waals surface area contributed by atoms with Crippen molar-refractivity contribution in [2.45, 2.75) is 46.2 Å². The zero-order valence-electron chi connectivity index (χ0n) is 12.6. The van der Waals surface area contributed by atoms with Crippen molar-refractivity contribution < 1.29 is 0 Å². The van der Waals surface area contributed by atoms with Crippen LogP contribution in [0.3, 0.4) is 0 Å². The highest BCUT2D eigenvalue weighted by atomic mass is 15.4. The third-order valence-electron chi connectivity index (χ3n) is 3.40. The average molecular weight is 272 g/mol. The van der Waals surface area contributed by atoms with Gasteiger partial charge in [0.1, 0.15) is 0 Å². The Kier molecular flexibility index (Phi) is 5.30. The molecule has 1 heterocycles. The third-order valence-corrected chi connectivity index (χ3v) is 3.40. The summed E-state index contributed by atoms with van der Waals surface area (Å²) >= 11 is 0. The number of likely N-dealkylation sites (N-methyl/N-ethyl adjacent to an activating group) is 1. The lowest BCUT2D eigenvalue weighted by Gasteiger charge is -2.12. The largest absolute Gasteiger partial charge is 0.314 e. The molecule has 0 aliphatic carbocycles. The minimum atomic E-state index is 0.512. The summed E-state index contributed by atoms with van der Waals surface area (Å²) in [7, 11) is 0. The Hall–Kier alpha value is -1.68. The molecular weight excluding hydrogens is 248 g/mol. The van der Waals surface area contributed by atoms with E-state index in [2.05, 4.69) is 60.7 Å². The first-order valence-electron chi connectivity index (χ1n) is 7.45. The first-order valence-corrected chi connectivity index (χ1v) is 7.45. The van der Waals surface area contributed by atoms with Gasteiger partial charge in [0.05, 0.1) is 11.9 Å². The molecule has 0 saturated carbocycles. The predicted octanol–water partition coefficient (Wildman–Crippen LogP) is 2.90. The first kappa shape index (κ1) is 14.7. The van der Waals surface area contributed by atoms with Crippen LogP contribution in [0.1, 0.15) is 32.8 Å². The number of benzene rings is 1. The minimum absolute atomic E-state index is 0.512. The maximum absolute atomic E-state index is 4.13. The van der Waals surface area contributed by atoms with Crippen molar-refractivity contribution in [1.29, 1.82) is 0 Å². The van der Waals surface area contributed by atoms with Crippen LogP contribution in [0, 0.1) is 0 Å². The molecule has 0 amide bonds. The van der Waals surface area contributed by atoms with E-state index in [0.717, 1.165) is 31.6 Å². The van der Waals surface area contributed by atoms with E-state index in [1.807, 2.05) is 10.9 Å². The maximum atomic E-state index is 4.13. The summed E-state index contributed by atoms with van der Waals surface area (Å²) in [5.74, 6) is 0. The molecule has 0 fully saturated rings. The molecule has 1 aromatic heterocycles. The second kappa shape index (κ2) is 7.20. The lowest BCUT2D eigenvalue weighted by atomic mass is 10.0. The van der Waals surface area contributed by atoms with Crippen molar-refractivity contribution in [3.63, 3.8) is 0 Å². The summed E-state index contributed by atoms with van der Waals surface area (Å²) in [6.07, 6.45) is 3.96. The number of hydrogen-bond acceptors (Lipinski definition) is 3. The van der Waals surface area contributed by atoms with E-state index in [9.17, 15) is 0 Å². The molecule has 108 valence electrons. The molecule has 0 aliphatic heterocycles. The lowest BCUT2D eigenvalue weighted by Crippen LogP contribution is -2.27. The Morgan fingerprint density at radius 2 is 1.95 bits per heavy atom. The molecule has 2 rings (SSSR count). The Bertz CT molecular complexity index is 516. The number of nitrogens with zero attached hydrogens (tertiary/aromatic N) is 3. The van der Waals surface area contributed by atoms with Gasteiger partial charge in [0.2, 0.25) is 0 Å². The number of rotatable bonds is 7. The second-order valence-electron chi connectivity index (χ2n) is 5.20. The van der Waals surface area contributed by atoms with Crippen LogP contribution in [0.2, 0.25) is 0 Å². The fraction of sp³-hybridized carbons (Fsp3) is 0.500. The van der Waals surface area contributed by atoms with E-state index in [1.165, 1.54) is 11.1 Å². The molecule has 0 spiro atoms. The smallest absolute Gasteiger partial charge is 0.0885 e. The van der Waals surface area contributed by atoms with E-state index < -0.39 is 0 Å². The average Bonchev–Trinajstić information content (AvgIpc) is 2.89. The van der Waals surface area contributed by atoms with Crippen molar-refractivity contribution in [1.82, 2.24) is 20.3 Å². The summed E-state index contributed by atoms with van der Waals surface area (Å²) in [4.78, 5) is 0. The van der Waals surface area contributed by atoms with Gasteiger partial charge >= 0.3 is 0 Å². The van der Waals surface area contributed by atoms with Gasteiger partial charge in [-0.15, -0.1) is 5.10 Å². The molecule has 0 bridgehead atoms. The maximum Gasteiger partial charge on any atom is 0.0885 e.